The number of aryl methyl sites for hydroxylation is 1. The van der Waals surface area contributed by atoms with E-state index in [2.05, 4.69) is 15.0 Å². The largest absolute Gasteiger partial charge is 0.438 e. The second-order valence-corrected chi connectivity index (χ2v) is 6.66. The molecule has 1 amide bonds. The van der Waals surface area contributed by atoms with Gasteiger partial charge in [0.05, 0.1) is 17.4 Å². The van der Waals surface area contributed by atoms with Crippen molar-refractivity contribution in [2.75, 3.05) is 12.4 Å². The van der Waals surface area contributed by atoms with Gasteiger partial charge in [-0.1, -0.05) is 0 Å². The zero-order chi connectivity index (χ0) is 16.6. The number of sulfonamides is 1. The highest BCUT2D eigenvalue weighted by Crippen LogP contribution is 2.19. The Bertz CT molecular complexity index is 987. The minimum Gasteiger partial charge on any atom is -0.438 e. The summed E-state index contributed by atoms with van der Waals surface area (Å²) in [5.74, 6) is -0.641. The van der Waals surface area contributed by atoms with Gasteiger partial charge in [0.1, 0.15) is 0 Å². The summed E-state index contributed by atoms with van der Waals surface area (Å²) in [6.45, 7) is 0. The lowest BCUT2D eigenvalue weighted by Crippen LogP contribution is -2.18. The number of aromatic nitrogens is 2. The monoisotopic (exact) mass is 334 g/mol. The summed E-state index contributed by atoms with van der Waals surface area (Å²) in [4.78, 5) is 16.3. The average Bonchev–Trinajstić information content (AvgIpc) is 3.15. The molecule has 120 valence electrons. The lowest BCUT2D eigenvalue weighted by atomic mass is 10.2. The molecule has 0 aliphatic rings. The van der Waals surface area contributed by atoms with Gasteiger partial charge in [0.15, 0.2) is 5.76 Å². The highest BCUT2D eigenvalue weighted by atomic mass is 32.2. The topological polar surface area (TPSA) is 106 Å². The van der Waals surface area contributed by atoms with Gasteiger partial charge in [-0.15, -0.1) is 0 Å². The number of hydrogen-bond donors (Lipinski definition) is 2. The first-order valence-electron chi connectivity index (χ1n) is 6.66. The van der Waals surface area contributed by atoms with Gasteiger partial charge >= 0.3 is 0 Å². The minimum absolute atomic E-state index is 0.0973. The molecule has 2 heterocycles. The Morgan fingerprint density at radius 1 is 1.26 bits per heavy atom. The summed E-state index contributed by atoms with van der Waals surface area (Å²) in [5.41, 5.74) is 2.21. The van der Waals surface area contributed by atoms with E-state index in [4.69, 9.17) is 4.42 Å². The SMILES string of the molecule is CNS(=O)(=O)c1ccc(C(=O)Nc2ccc3c(c2)ncn3C)o1. The van der Waals surface area contributed by atoms with E-state index in [1.807, 2.05) is 17.7 Å². The Hall–Kier alpha value is -2.65. The van der Waals surface area contributed by atoms with Crippen LogP contribution in [0.25, 0.3) is 11.0 Å². The van der Waals surface area contributed by atoms with Crippen LogP contribution >= 0.6 is 0 Å². The van der Waals surface area contributed by atoms with Crippen molar-refractivity contribution in [3.63, 3.8) is 0 Å². The van der Waals surface area contributed by atoms with Gasteiger partial charge in [-0.25, -0.2) is 18.1 Å². The number of imidazole rings is 1. The molecule has 0 radical (unpaired) electrons. The fourth-order valence-corrected chi connectivity index (χ4v) is 2.74. The van der Waals surface area contributed by atoms with Crippen LogP contribution in [0.2, 0.25) is 0 Å². The van der Waals surface area contributed by atoms with Crippen LogP contribution in [0.15, 0.2) is 46.2 Å². The summed E-state index contributed by atoms with van der Waals surface area (Å²) in [6.07, 6.45) is 1.68. The van der Waals surface area contributed by atoms with Gasteiger partial charge in [-0.05, 0) is 37.4 Å². The fraction of sp³-hybridized carbons (Fsp3) is 0.143. The van der Waals surface area contributed by atoms with Gasteiger partial charge in [0.25, 0.3) is 15.9 Å². The molecule has 0 atom stereocenters. The maximum absolute atomic E-state index is 12.1. The van der Waals surface area contributed by atoms with Crippen molar-refractivity contribution in [2.24, 2.45) is 7.05 Å². The number of fused-ring (bicyclic) bond motifs is 1. The first kappa shape index (κ1) is 15.3. The number of nitrogens with one attached hydrogen (secondary N) is 2. The molecule has 0 aliphatic carbocycles. The number of benzene rings is 1. The molecule has 3 aromatic rings. The van der Waals surface area contributed by atoms with E-state index in [1.54, 1.807) is 18.5 Å². The number of carbonyl (C=O) groups is 1. The summed E-state index contributed by atoms with van der Waals surface area (Å²) in [5, 5.41) is 2.33. The highest BCUT2D eigenvalue weighted by Gasteiger charge is 2.19. The molecule has 2 aromatic heterocycles. The zero-order valence-electron chi connectivity index (χ0n) is 12.4. The zero-order valence-corrected chi connectivity index (χ0v) is 13.2. The third-order valence-electron chi connectivity index (χ3n) is 3.32. The number of amides is 1. The number of rotatable bonds is 4. The first-order valence-corrected chi connectivity index (χ1v) is 8.15. The minimum atomic E-state index is -3.72. The molecule has 23 heavy (non-hydrogen) atoms. The van der Waals surface area contributed by atoms with E-state index in [9.17, 15) is 13.2 Å². The number of anilines is 1. The predicted molar refractivity (Wildman–Crippen MR) is 83.6 cm³/mol. The van der Waals surface area contributed by atoms with Crippen LogP contribution in [0.4, 0.5) is 5.69 Å². The Kier molecular flexibility index (Phi) is 3.66. The van der Waals surface area contributed by atoms with Crippen molar-refractivity contribution in [3.05, 3.63) is 42.4 Å². The Labute approximate surface area is 132 Å². The molecule has 0 aliphatic heterocycles. The smallest absolute Gasteiger partial charge is 0.291 e. The van der Waals surface area contributed by atoms with Crippen molar-refractivity contribution in [1.82, 2.24) is 14.3 Å². The second-order valence-electron chi connectivity index (χ2n) is 4.84. The van der Waals surface area contributed by atoms with Crippen LogP contribution in [0, 0.1) is 0 Å². The molecule has 0 unspecified atom stereocenters. The molecule has 0 fully saturated rings. The number of furan rings is 1. The molecule has 2 N–H and O–H groups in total. The van der Waals surface area contributed by atoms with Crippen LogP contribution in [-0.2, 0) is 17.1 Å². The van der Waals surface area contributed by atoms with Crippen LogP contribution in [0.5, 0.6) is 0 Å². The third kappa shape index (κ3) is 2.83. The molecule has 3 rings (SSSR count). The lowest BCUT2D eigenvalue weighted by Gasteiger charge is -2.03. The molecular weight excluding hydrogens is 320 g/mol. The van der Waals surface area contributed by atoms with Gasteiger partial charge in [0.2, 0.25) is 5.09 Å². The van der Waals surface area contributed by atoms with Crippen molar-refractivity contribution >= 4 is 32.7 Å². The molecule has 0 bridgehead atoms. The molecule has 0 saturated heterocycles. The van der Waals surface area contributed by atoms with Crippen molar-refractivity contribution in [3.8, 4) is 0 Å². The van der Waals surface area contributed by atoms with Gasteiger partial charge in [-0.3, -0.25) is 4.79 Å². The highest BCUT2D eigenvalue weighted by molar-refractivity contribution is 7.89. The first-order chi connectivity index (χ1) is 10.9. The van der Waals surface area contributed by atoms with Crippen LogP contribution in [0.3, 0.4) is 0 Å². The van der Waals surface area contributed by atoms with Crippen LogP contribution in [0.1, 0.15) is 10.6 Å². The maximum Gasteiger partial charge on any atom is 0.291 e. The Morgan fingerprint density at radius 2 is 2.04 bits per heavy atom. The normalized spacial score (nSPS) is 11.7. The molecule has 0 spiro atoms. The average molecular weight is 334 g/mol. The quantitative estimate of drug-likeness (QED) is 0.748. The molecular formula is C14H14N4O4S. The predicted octanol–water partition coefficient (Wildman–Crippen LogP) is 1.33. The van der Waals surface area contributed by atoms with E-state index in [-0.39, 0.29) is 10.9 Å². The van der Waals surface area contributed by atoms with E-state index in [0.29, 0.717) is 5.69 Å². The van der Waals surface area contributed by atoms with E-state index >= 15 is 0 Å². The summed E-state index contributed by atoms with van der Waals surface area (Å²) in [7, 11) is -0.580. The van der Waals surface area contributed by atoms with Crippen LogP contribution < -0.4 is 10.0 Å². The molecule has 9 heteroatoms. The summed E-state index contributed by atoms with van der Waals surface area (Å²) >= 11 is 0. The van der Waals surface area contributed by atoms with Crippen LogP contribution in [-0.4, -0.2) is 30.9 Å². The van der Waals surface area contributed by atoms with Crippen molar-refractivity contribution in [1.29, 1.82) is 0 Å². The van der Waals surface area contributed by atoms with Crippen molar-refractivity contribution < 1.29 is 17.6 Å². The summed E-state index contributed by atoms with van der Waals surface area (Å²) < 4.78 is 32.3. The molecule has 8 nitrogen and oxygen atoms in total. The Balaban J connectivity index is 1.83. The third-order valence-corrected chi connectivity index (χ3v) is 4.61. The molecule has 0 saturated carbocycles. The molecule has 1 aromatic carbocycles. The Morgan fingerprint density at radius 3 is 2.78 bits per heavy atom. The standard InChI is InChI=1S/C14H14N4O4S/c1-15-23(20,21)13-6-5-12(22-13)14(19)17-9-3-4-11-10(7-9)16-8-18(11)2/h3-8,15H,1-2H3,(H,17,19). The number of nitrogens with zero attached hydrogens (tertiary/aromatic N) is 2. The second kappa shape index (κ2) is 5.52. The maximum atomic E-state index is 12.1. The lowest BCUT2D eigenvalue weighted by molar-refractivity contribution is 0.0991. The number of hydrogen-bond acceptors (Lipinski definition) is 5. The van der Waals surface area contributed by atoms with E-state index in [0.717, 1.165) is 11.0 Å². The van der Waals surface area contributed by atoms with E-state index < -0.39 is 15.9 Å². The number of carbonyl (C=O) groups excluding carboxylic acids is 1. The summed E-state index contributed by atoms with van der Waals surface area (Å²) in [6, 6.07) is 7.82. The fourth-order valence-electron chi connectivity index (χ4n) is 2.09. The van der Waals surface area contributed by atoms with Gasteiger partial charge in [-0.2, -0.15) is 0 Å². The van der Waals surface area contributed by atoms with Crippen molar-refractivity contribution in [2.45, 2.75) is 5.09 Å². The van der Waals surface area contributed by atoms with Gasteiger partial charge in [0, 0.05) is 12.7 Å². The van der Waals surface area contributed by atoms with Gasteiger partial charge < -0.3 is 14.3 Å². The van der Waals surface area contributed by atoms with E-state index in [1.165, 1.54) is 19.2 Å².